The van der Waals surface area contributed by atoms with E-state index in [0.29, 0.717) is 27.9 Å². The van der Waals surface area contributed by atoms with Crippen molar-refractivity contribution in [2.75, 3.05) is 4.72 Å². The summed E-state index contributed by atoms with van der Waals surface area (Å²) in [4.78, 5) is 11.7. The van der Waals surface area contributed by atoms with Gasteiger partial charge in [0.25, 0.3) is 15.9 Å². The van der Waals surface area contributed by atoms with Crippen molar-refractivity contribution >= 4 is 33.2 Å². The minimum atomic E-state index is -4.23. The van der Waals surface area contributed by atoms with Crippen molar-refractivity contribution < 1.29 is 22.8 Å². The fourth-order valence-electron chi connectivity index (χ4n) is 3.52. The lowest BCUT2D eigenvalue weighted by Crippen LogP contribution is -2.19. The van der Waals surface area contributed by atoms with Crippen LogP contribution in [-0.4, -0.2) is 24.6 Å². The molecule has 30 heavy (non-hydrogen) atoms. The largest absolute Gasteiger partial charge is 0.392 e. The smallest absolute Gasteiger partial charge is 0.266 e. The van der Waals surface area contributed by atoms with E-state index in [2.05, 4.69) is 9.88 Å². The van der Waals surface area contributed by atoms with E-state index in [4.69, 9.17) is 10.3 Å². The first-order valence-corrected chi connectivity index (χ1v) is 11.4. The van der Waals surface area contributed by atoms with Crippen molar-refractivity contribution in [2.45, 2.75) is 46.1 Å². The average molecular weight is 450 g/mol. The maximum atomic E-state index is 13.3. The van der Waals surface area contributed by atoms with E-state index in [1.54, 1.807) is 19.2 Å². The van der Waals surface area contributed by atoms with Crippen LogP contribution in [0.4, 0.5) is 5.88 Å². The van der Waals surface area contributed by atoms with Gasteiger partial charge >= 0.3 is 0 Å². The quantitative estimate of drug-likeness (QED) is 0.528. The molecular weight excluding hydrogens is 426 g/mol. The average Bonchev–Trinajstić information content (AvgIpc) is 3.21. The van der Waals surface area contributed by atoms with Crippen LogP contribution in [-0.2, 0) is 16.6 Å². The molecule has 0 spiro atoms. The first kappa shape index (κ1) is 22.0. The lowest BCUT2D eigenvalue weighted by atomic mass is 9.90. The molecule has 3 rings (SSSR count). The van der Waals surface area contributed by atoms with Crippen LogP contribution < -0.4 is 10.5 Å². The van der Waals surface area contributed by atoms with Crippen LogP contribution in [0.2, 0.25) is 0 Å². The van der Waals surface area contributed by atoms with Crippen LogP contribution in [0.15, 0.2) is 20.9 Å². The van der Waals surface area contributed by atoms with Crippen LogP contribution in [0.5, 0.6) is 0 Å². The van der Waals surface area contributed by atoms with Gasteiger partial charge in [-0.05, 0) is 62.4 Å². The second-order valence-corrected chi connectivity index (χ2v) is 9.65. The molecule has 1 amide bonds. The van der Waals surface area contributed by atoms with Gasteiger partial charge in [0.2, 0.25) is 5.88 Å². The highest BCUT2D eigenvalue weighted by Gasteiger charge is 2.31. The molecule has 8 nitrogen and oxygen atoms in total. The van der Waals surface area contributed by atoms with Crippen LogP contribution in [0, 0.1) is 34.6 Å². The molecule has 3 aromatic rings. The Balaban J connectivity index is 2.29. The van der Waals surface area contributed by atoms with E-state index in [-0.39, 0.29) is 22.3 Å². The van der Waals surface area contributed by atoms with Gasteiger partial charge in [-0.3, -0.25) is 4.79 Å². The number of aliphatic hydroxyl groups excluding tert-OH is 1. The van der Waals surface area contributed by atoms with Crippen molar-refractivity contribution in [1.29, 1.82) is 0 Å². The number of primary amides is 1. The van der Waals surface area contributed by atoms with Crippen LogP contribution in [0.3, 0.4) is 0 Å². The number of nitrogens with zero attached hydrogens (tertiary/aromatic N) is 1. The normalized spacial score (nSPS) is 11.7. The molecular formula is C20H23N3O5S2. The molecule has 0 radical (unpaired) electrons. The minimum Gasteiger partial charge on any atom is -0.392 e. The van der Waals surface area contributed by atoms with Crippen molar-refractivity contribution in [2.24, 2.45) is 5.73 Å². The van der Waals surface area contributed by atoms with Gasteiger partial charge in [-0.15, -0.1) is 11.3 Å². The highest BCUT2D eigenvalue weighted by atomic mass is 32.2. The number of rotatable bonds is 6. The van der Waals surface area contributed by atoms with Crippen molar-refractivity contribution in [3.63, 3.8) is 0 Å². The third-order valence-corrected chi connectivity index (χ3v) is 7.72. The predicted molar refractivity (Wildman–Crippen MR) is 115 cm³/mol. The van der Waals surface area contributed by atoms with Crippen molar-refractivity contribution in [3.8, 4) is 11.1 Å². The summed E-state index contributed by atoms with van der Waals surface area (Å²) in [6.07, 6.45) is 0. The molecule has 1 aromatic carbocycles. The van der Waals surface area contributed by atoms with Gasteiger partial charge in [0.1, 0.15) is 9.77 Å². The van der Waals surface area contributed by atoms with Crippen LogP contribution in [0.25, 0.3) is 11.1 Å². The first-order valence-electron chi connectivity index (χ1n) is 9.07. The molecule has 160 valence electrons. The minimum absolute atomic E-state index is 0.0199. The number of carbonyl (C=O) groups excluding carboxylic acids is 1. The van der Waals surface area contributed by atoms with Crippen LogP contribution >= 0.6 is 11.3 Å². The summed E-state index contributed by atoms with van der Waals surface area (Å²) in [6.45, 7) is 8.73. The standard InChI is InChI=1S/C20H23N3O5S2/c1-9-6-10(2)16(12(4)14(9)7-24)15-8-29-17(19(21)25)18(15)30(26,27)23-20-11(3)13(5)22-28-20/h6,8,23-24H,7H2,1-5H3,(H2,21,25). The Morgan fingerprint density at radius 2 is 1.87 bits per heavy atom. The summed E-state index contributed by atoms with van der Waals surface area (Å²) in [5, 5.41) is 15.1. The van der Waals surface area contributed by atoms with Crippen LogP contribution in [0.1, 0.15) is 43.2 Å². The molecule has 0 bridgehead atoms. The lowest BCUT2D eigenvalue weighted by Gasteiger charge is -2.17. The highest BCUT2D eigenvalue weighted by molar-refractivity contribution is 7.93. The Hall–Kier alpha value is -2.69. The van der Waals surface area contributed by atoms with Gasteiger partial charge in [0.15, 0.2) is 0 Å². The number of hydrogen-bond donors (Lipinski definition) is 3. The number of hydrogen-bond acceptors (Lipinski definition) is 7. The number of aromatic nitrogens is 1. The third kappa shape index (κ3) is 3.62. The summed E-state index contributed by atoms with van der Waals surface area (Å²) in [5.74, 6) is -0.865. The summed E-state index contributed by atoms with van der Waals surface area (Å²) in [6, 6.07) is 1.88. The Labute approximate surface area is 178 Å². The molecule has 0 aliphatic heterocycles. The number of sulfonamides is 1. The van der Waals surface area contributed by atoms with Crippen molar-refractivity contribution in [1.82, 2.24) is 5.16 Å². The number of aryl methyl sites for hydroxylation is 3. The highest BCUT2D eigenvalue weighted by Crippen LogP contribution is 2.41. The molecule has 0 saturated carbocycles. The zero-order valence-corrected chi connectivity index (χ0v) is 18.9. The predicted octanol–water partition coefficient (Wildman–Crippen LogP) is 3.34. The first-order chi connectivity index (χ1) is 14.0. The SMILES string of the molecule is Cc1cc(C)c(-c2csc(C(N)=O)c2S(=O)(=O)Nc2onc(C)c2C)c(C)c1CO. The molecule has 0 aliphatic carbocycles. The van der Waals surface area contributed by atoms with Gasteiger partial charge < -0.3 is 15.4 Å². The molecule has 2 aromatic heterocycles. The van der Waals surface area contributed by atoms with E-state index in [0.717, 1.165) is 28.0 Å². The third-order valence-electron chi connectivity index (χ3n) is 5.18. The Bertz CT molecular complexity index is 1260. The van der Waals surface area contributed by atoms with Crippen molar-refractivity contribution in [3.05, 3.63) is 49.8 Å². The van der Waals surface area contributed by atoms with Gasteiger partial charge in [0.05, 0.1) is 12.3 Å². The summed E-state index contributed by atoms with van der Waals surface area (Å²) in [5.41, 5.74) is 10.7. The topological polar surface area (TPSA) is 136 Å². The molecule has 10 heteroatoms. The number of carbonyl (C=O) groups is 1. The summed E-state index contributed by atoms with van der Waals surface area (Å²) in [7, 11) is -4.23. The molecule has 0 saturated heterocycles. The summed E-state index contributed by atoms with van der Waals surface area (Å²) >= 11 is 0.959. The molecule has 0 fully saturated rings. The van der Waals surface area contributed by atoms with Gasteiger partial charge in [-0.2, -0.15) is 0 Å². The van der Waals surface area contributed by atoms with Gasteiger partial charge in [0, 0.05) is 16.5 Å². The number of thiophene rings is 1. The Kier molecular flexibility index (Phi) is 5.76. The number of amides is 1. The lowest BCUT2D eigenvalue weighted by molar-refractivity contribution is 0.100. The van der Waals surface area contributed by atoms with Gasteiger partial charge in [-0.25, -0.2) is 13.1 Å². The van der Waals surface area contributed by atoms with E-state index in [1.165, 1.54) is 0 Å². The van der Waals surface area contributed by atoms with E-state index >= 15 is 0 Å². The maximum absolute atomic E-state index is 13.3. The molecule has 0 unspecified atom stereocenters. The monoisotopic (exact) mass is 449 g/mol. The zero-order valence-electron chi connectivity index (χ0n) is 17.3. The van der Waals surface area contributed by atoms with E-state index in [1.807, 2.05) is 26.8 Å². The summed E-state index contributed by atoms with van der Waals surface area (Å²) < 4.78 is 34.2. The molecule has 4 N–H and O–H groups in total. The Morgan fingerprint density at radius 3 is 2.40 bits per heavy atom. The van der Waals surface area contributed by atoms with E-state index in [9.17, 15) is 18.3 Å². The molecule has 0 atom stereocenters. The number of aliphatic hydroxyl groups is 1. The Morgan fingerprint density at radius 1 is 1.20 bits per heavy atom. The number of nitrogens with one attached hydrogen (secondary N) is 1. The fourth-order valence-corrected chi connectivity index (χ4v) is 6.21. The zero-order chi connectivity index (χ0) is 22.4. The number of nitrogens with two attached hydrogens (primary N) is 1. The molecule has 0 aliphatic rings. The van der Waals surface area contributed by atoms with E-state index < -0.39 is 15.9 Å². The number of benzene rings is 1. The second kappa shape index (κ2) is 7.86. The van der Waals surface area contributed by atoms with Gasteiger partial charge in [-0.1, -0.05) is 11.2 Å². The maximum Gasteiger partial charge on any atom is 0.266 e. The number of anilines is 1. The molecule has 2 heterocycles. The fraction of sp³-hybridized carbons (Fsp3) is 0.300. The second-order valence-electron chi connectivity index (χ2n) is 7.15.